The zero-order valence-electron chi connectivity index (χ0n) is 9.83. The minimum absolute atomic E-state index is 0.233. The second kappa shape index (κ2) is 7.97. The first-order chi connectivity index (χ1) is 8.22. The average Bonchev–Trinajstić information content (AvgIpc) is 2.32. The van der Waals surface area contributed by atoms with Crippen LogP contribution in [-0.4, -0.2) is 25.4 Å². The van der Waals surface area contributed by atoms with Gasteiger partial charge in [0, 0.05) is 26.8 Å². The third-order valence-electron chi connectivity index (χ3n) is 2.15. The van der Waals surface area contributed by atoms with Gasteiger partial charge in [-0.3, -0.25) is 0 Å². The van der Waals surface area contributed by atoms with Gasteiger partial charge in [0.25, 0.3) is 0 Å². The quantitative estimate of drug-likeness (QED) is 0.601. The van der Waals surface area contributed by atoms with E-state index in [0.29, 0.717) is 18.3 Å². The molecule has 17 heavy (non-hydrogen) atoms. The lowest BCUT2D eigenvalue weighted by atomic mass is 10.2. The number of methoxy groups -OCH3 is 1. The lowest BCUT2D eigenvalue weighted by molar-refractivity contribution is 0.195. The van der Waals surface area contributed by atoms with E-state index in [1.54, 1.807) is 13.2 Å². The number of thiocarbonyl (C=S) groups is 1. The van der Waals surface area contributed by atoms with E-state index in [0.717, 1.165) is 18.5 Å². The van der Waals surface area contributed by atoms with Crippen LogP contribution in [0.4, 0.5) is 4.39 Å². The second-order valence-electron chi connectivity index (χ2n) is 3.59. The third-order valence-corrected chi connectivity index (χ3v) is 2.44. The van der Waals surface area contributed by atoms with Crippen LogP contribution in [0.1, 0.15) is 12.0 Å². The molecule has 0 amide bonds. The predicted octanol–water partition coefficient (Wildman–Crippen LogP) is 1.83. The molecule has 0 bridgehead atoms. The summed E-state index contributed by atoms with van der Waals surface area (Å²) in [6.45, 7) is 2.00. The fourth-order valence-electron chi connectivity index (χ4n) is 1.31. The average molecular weight is 256 g/mol. The van der Waals surface area contributed by atoms with Gasteiger partial charge in [-0.05, 0) is 36.3 Å². The molecular weight excluding hydrogens is 239 g/mol. The Morgan fingerprint density at radius 2 is 2.24 bits per heavy atom. The highest BCUT2D eigenvalue weighted by Crippen LogP contribution is 2.02. The van der Waals surface area contributed by atoms with E-state index in [9.17, 15) is 4.39 Å². The molecule has 94 valence electrons. The van der Waals surface area contributed by atoms with Crippen LogP contribution in [0.3, 0.4) is 0 Å². The first kappa shape index (κ1) is 13.9. The number of rotatable bonds is 6. The summed E-state index contributed by atoms with van der Waals surface area (Å²) >= 11 is 5.08. The van der Waals surface area contributed by atoms with Gasteiger partial charge in [-0.1, -0.05) is 12.1 Å². The van der Waals surface area contributed by atoms with Crippen LogP contribution in [0.5, 0.6) is 0 Å². The molecule has 0 radical (unpaired) electrons. The maximum absolute atomic E-state index is 12.9. The van der Waals surface area contributed by atoms with Crippen molar-refractivity contribution in [3.8, 4) is 0 Å². The number of benzene rings is 1. The van der Waals surface area contributed by atoms with Crippen molar-refractivity contribution < 1.29 is 9.13 Å². The Morgan fingerprint density at radius 3 is 2.94 bits per heavy atom. The highest BCUT2D eigenvalue weighted by Gasteiger charge is 1.97. The minimum Gasteiger partial charge on any atom is -0.385 e. The van der Waals surface area contributed by atoms with Gasteiger partial charge in [0.15, 0.2) is 5.11 Å². The summed E-state index contributed by atoms with van der Waals surface area (Å²) in [4.78, 5) is 0. The Morgan fingerprint density at radius 1 is 1.41 bits per heavy atom. The van der Waals surface area contributed by atoms with Crippen LogP contribution in [0.2, 0.25) is 0 Å². The molecule has 1 rings (SSSR count). The monoisotopic (exact) mass is 256 g/mol. The van der Waals surface area contributed by atoms with Gasteiger partial charge < -0.3 is 15.4 Å². The molecule has 0 aliphatic carbocycles. The SMILES string of the molecule is COCCCNC(=S)NCc1cccc(F)c1. The maximum atomic E-state index is 12.9. The first-order valence-corrected chi connectivity index (χ1v) is 5.88. The van der Waals surface area contributed by atoms with Gasteiger partial charge in [-0.2, -0.15) is 0 Å². The van der Waals surface area contributed by atoms with Gasteiger partial charge in [0.05, 0.1) is 0 Å². The number of hydrogen-bond donors (Lipinski definition) is 2. The van der Waals surface area contributed by atoms with Gasteiger partial charge in [-0.25, -0.2) is 4.39 Å². The molecule has 0 aliphatic heterocycles. The Bertz CT molecular complexity index is 360. The van der Waals surface area contributed by atoms with Crippen LogP contribution in [0, 0.1) is 5.82 Å². The maximum Gasteiger partial charge on any atom is 0.166 e. The molecule has 0 aliphatic rings. The lowest BCUT2D eigenvalue weighted by Crippen LogP contribution is -2.35. The number of hydrogen-bond acceptors (Lipinski definition) is 2. The van der Waals surface area contributed by atoms with Gasteiger partial charge in [0.2, 0.25) is 0 Å². The first-order valence-electron chi connectivity index (χ1n) is 5.47. The number of ether oxygens (including phenoxy) is 1. The fourth-order valence-corrected chi connectivity index (χ4v) is 1.48. The van der Waals surface area contributed by atoms with E-state index in [1.807, 2.05) is 6.07 Å². The van der Waals surface area contributed by atoms with E-state index in [1.165, 1.54) is 12.1 Å². The molecule has 3 nitrogen and oxygen atoms in total. The van der Waals surface area contributed by atoms with Crippen molar-refractivity contribution in [1.29, 1.82) is 0 Å². The van der Waals surface area contributed by atoms with Crippen molar-refractivity contribution in [2.24, 2.45) is 0 Å². The molecule has 0 saturated carbocycles. The van der Waals surface area contributed by atoms with Crippen LogP contribution in [0.15, 0.2) is 24.3 Å². The highest BCUT2D eigenvalue weighted by atomic mass is 32.1. The summed E-state index contributed by atoms with van der Waals surface area (Å²) in [6.07, 6.45) is 0.901. The Kier molecular flexibility index (Phi) is 6.50. The molecule has 2 N–H and O–H groups in total. The Hall–Kier alpha value is -1.20. The topological polar surface area (TPSA) is 33.3 Å². The molecule has 1 aromatic rings. The largest absolute Gasteiger partial charge is 0.385 e. The molecule has 1 aromatic carbocycles. The van der Waals surface area contributed by atoms with Crippen LogP contribution < -0.4 is 10.6 Å². The summed E-state index contributed by atoms with van der Waals surface area (Å²) in [6, 6.07) is 6.44. The van der Waals surface area contributed by atoms with Crippen LogP contribution >= 0.6 is 12.2 Å². The van der Waals surface area contributed by atoms with Crippen molar-refractivity contribution in [3.63, 3.8) is 0 Å². The Labute approximate surface area is 106 Å². The molecule has 0 fully saturated rings. The lowest BCUT2D eigenvalue weighted by Gasteiger charge is -2.10. The molecule has 0 aromatic heterocycles. The van der Waals surface area contributed by atoms with Crippen LogP contribution in [0.25, 0.3) is 0 Å². The summed E-state index contributed by atoms with van der Waals surface area (Å²) in [5.41, 5.74) is 0.867. The third kappa shape index (κ3) is 6.19. The summed E-state index contributed by atoms with van der Waals surface area (Å²) in [5.74, 6) is -0.233. The van der Waals surface area contributed by atoms with E-state index in [2.05, 4.69) is 10.6 Å². The zero-order chi connectivity index (χ0) is 12.5. The van der Waals surface area contributed by atoms with Crippen molar-refractivity contribution in [3.05, 3.63) is 35.6 Å². The molecule has 0 spiro atoms. The van der Waals surface area contributed by atoms with E-state index < -0.39 is 0 Å². The van der Waals surface area contributed by atoms with Crippen LogP contribution in [-0.2, 0) is 11.3 Å². The number of halogens is 1. The summed E-state index contributed by atoms with van der Waals surface area (Å²) in [5, 5.41) is 6.64. The molecule has 5 heteroatoms. The van der Waals surface area contributed by atoms with Gasteiger partial charge in [0.1, 0.15) is 5.82 Å². The zero-order valence-corrected chi connectivity index (χ0v) is 10.6. The van der Waals surface area contributed by atoms with Crippen molar-refractivity contribution >= 4 is 17.3 Å². The normalized spacial score (nSPS) is 10.0. The van der Waals surface area contributed by atoms with Crippen molar-refractivity contribution in [1.82, 2.24) is 10.6 Å². The minimum atomic E-state index is -0.233. The summed E-state index contributed by atoms with van der Waals surface area (Å²) < 4.78 is 17.8. The van der Waals surface area contributed by atoms with Gasteiger partial charge in [-0.15, -0.1) is 0 Å². The second-order valence-corrected chi connectivity index (χ2v) is 3.99. The summed E-state index contributed by atoms with van der Waals surface area (Å²) in [7, 11) is 1.67. The van der Waals surface area contributed by atoms with Crippen molar-refractivity contribution in [2.45, 2.75) is 13.0 Å². The van der Waals surface area contributed by atoms with Gasteiger partial charge >= 0.3 is 0 Å². The molecular formula is C12H17FN2OS. The molecule has 0 atom stereocenters. The molecule has 0 heterocycles. The van der Waals surface area contributed by atoms with E-state index >= 15 is 0 Å². The smallest absolute Gasteiger partial charge is 0.166 e. The highest BCUT2D eigenvalue weighted by molar-refractivity contribution is 7.80. The Balaban J connectivity index is 2.19. The van der Waals surface area contributed by atoms with E-state index in [-0.39, 0.29) is 5.82 Å². The predicted molar refractivity (Wildman–Crippen MR) is 70.3 cm³/mol. The fraction of sp³-hybridized carbons (Fsp3) is 0.417. The molecule has 0 unspecified atom stereocenters. The van der Waals surface area contributed by atoms with E-state index in [4.69, 9.17) is 17.0 Å². The number of nitrogens with one attached hydrogen (secondary N) is 2. The standard InChI is InChI=1S/C12H17FN2OS/c1-16-7-3-6-14-12(17)15-9-10-4-2-5-11(13)8-10/h2,4-5,8H,3,6-7,9H2,1H3,(H2,14,15,17). The van der Waals surface area contributed by atoms with Crippen molar-refractivity contribution in [2.75, 3.05) is 20.3 Å². The molecule has 0 saturated heterocycles.